The van der Waals surface area contributed by atoms with E-state index in [1.807, 2.05) is 109 Å². The fourth-order valence-electron chi connectivity index (χ4n) is 4.37. The van der Waals surface area contributed by atoms with Gasteiger partial charge in [-0.1, -0.05) is 97.1 Å². The van der Waals surface area contributed by atoms with Crippen molar-refractivity contribution in [2.24, 2.45) is 0 Å². The van der Waals surface area contributed by atoms with Crippen molar-refractivity contribution in [3.05, 3.63) is 131 Å². The van der Waals surface area contributed by atoms with Gasteiger partial charge in [0.2, 0.25) is 5.91 Å². The molecule has 0 bridgehead atoms. The summed E-state index contributed by atoms with van der Waals surface area (Å²) in [5.41, 5.74) is 3.36. The molecule has 7 heteroatoms. The number of benzene rings is 4. The number of carbonyl (C=O) groups excluding carboxylic acids is 2. The van der Waals surface area contributed by atoms with Crippen molar-refractivity contribution in [3.8, 4) is 11.5 Å². The van der Waals surface area contributed by atoms with E-state index in [0.717, 1.165) is 22.3 Å². The van der Waals surface area contributed by atoms with Gasteiger partial charge in [-0.15, -0.1) is 0 Å². The predicted molar refractivity (Wildman–Crippen MR) is 168 cm³/mol. The molecule has 0 aromatic heterocycles. The van der Waals surface area contributed by atoms with E-state index in [2.05, 4.69) is 10.6 Å². The highest BCUT2D eigenvalue weighted by Gasteiger charge is 2.24. The highest BCUT2D eigenvalue weighted by molar-refractivity contribution is 5.86. The third-order valence-electron chi connectivity index (χ3n) is 6.49. The van der Waals surface area contributed by atoms with Crippen LogP contribution < -0.4 is 20.1 Å². The Bertz CT molecular complexity index is 1440. The molecule has 0 fully saturated rings. The second-order valence-corrected chi connectivity index (χ2v) is 11.3. The van der Waals surface area contributed by atoms with Crippen molar-refractivity contribution >= 4 is 12.0 Å². The van der Waals surface area contributed by atoms with Crippen LogP contribution in [0.3, 0.4) is 0 Å². The molecule has 2 amide bonds. The van der Waals surface area contributed by atoms with Crippen molar-refractivity contribution in [1.82, 2.24) is 10.6 Å². The van der Waals surface area contributed by atoms with Gasteiger partial charge in [0.15, 0.2) is 11.5 Å². The lowest BCUT2D eigenvalue weighted by atomic mass is 10.1. The van der Waals surface area contributed by atoms with Crippen molar-refractivity contribution in [3.63, 3.8) is 0 Å². The summed E-state index contributed by atoms with van der Waals surface area (Å²) in [6.45, 7) is 6.56. The van der Waals surface area contributed by atoms with Crippen LogP contribution in [0.1, 0.15) is 43.0 Å². The minimum absolute atomic E-state index is 0.280. The van der Waals surface area contributed by atoms with Gasteiger partial charge in [0.25, 0.3) is 0 Å². The van der Waals surface area contributed by atoms with Crippen LogP contribution in [0.4, 0.5) is 4.79 Å². The molecule has 0 aliphatic carbocycles. The van der Waals surface area contributed by atoms with Gasteiger partial charge in [-0.2, -0.15) is 0 Å². The molecular formula is C36H40N2O5. The number of hydrogen-bond donors (Lipinski definition) is 2. The molecule has 0 saturated carbocycles. The van der Waals surface area contributed by atoms with Gasteiger partial charge in [-0.25, -0.2) is 4.79 Å². The lowest BCUT2D eigenvalue weighted by Gasteiger charge is -2.23. The maximum absolute atomic E-state index is 13.2. The number of hydrogen-bond acceptors (Lipinski definition) is 5. The number of rotatable bonds is 13. The van der Waals surface area contributed by atoms with E-state index in [1.165, 1.54) is 0 Å². The minimum Gasteiger partial charge on any atom is -0.485 e. The Hall–Kier alpha value is -4.78. The van der Waals surface area contributed by atoms with E-state index in [4.69, 9.17) is 14.2 Å². The molecule has 2 N–H and O–H groups in total. The summed E-state index contributed by atoms with van der Waals surface area (Å²) < 4.78 is 17.7. The van der Waals surface area contributed by atoms with Crippen LogP contribution in [0.25, 0.3) is 0 Å². The molecule has 1 unspecified atom stereocenters. The van der Waals surface area contributed by atoms with Gasteiger partial charge in [-0.3, -0.25) is 4.79 Å². The van der Waals surface area contributed by atoms with Crippen molar-refractivity contribution < 1.29 is 23.8 Å². The number of carbonyl (C=O) groups is 2. The Kier molecular flexibility index (Phi) is 11.2. The van der Waals surface area contributed by atoms with Crippen LogP contribution in [0.15, 0.2) is 109 Å². The molecule has 0 aliphatic rings. The lowest BCUT2D eigenvalue weighted by molar-refractivity contribution is -0.123. The molecule has 0 aliphatic heterocycles. The Labute approximate surface area is 254 Å². The van der Waals surface area contributed by atoms with Crippen LogP contribution in [0.2, 0.25) is 0 Å². The lowest BCUT2D eigenvalue weighted by Crippen LogP contribution is -2.49. The zero-order valence-electron chi connectivity index (χ0n) is 25.0. The largest absolute Gasteiger partial charge is 0.485 e. The first-order valence-corrected chi connectivity index (χ1v) is 14.5. The second-order valence-electron chi connectivity index (χ2n) is 11.3. The third kappa shape index (κ3) is 10.9. The Morgan fingerprint density at radius 1 is 0.674 bits per heavy atom. The van der Waals surface area contributed by atoms with E-state index >= 15 is 0 Å². The zero-order valence-corrected chi connectivity index (χ0v) is 25.0. The SMILES string of the molecule is CC(C)(C)OC(=O)NC(Cc1ccccc1)C(=O)NCCc1ccc(OCc2ccccc2)c(OCc2ccccc2)c1. The van der Waals surface area contributed by atoms with Crippen molar-refractivity contribution in [1.29, 1.82) is 0 Å². The van der Waals surface area contributed by atoms with Gasteiger partial charge >= 0.3 is 6.09 Å². The highest BCUT2D eigenvalue weighted by atomic mass is 16.6. The van der Waals surface area contributed by atoms with E-state index in [1.54, 1.807) is 20.8 Å². The van der Waals surface area contributed by atoms with Gasteiger partial charge in [0.05, 0.1) is 0 Å². The zero-order chi connectivity index (χ0) is 30.5. The summed E-state index contributed by atoms with van der Waals surface area (Å²) in [5, 5.41) is 5.71. The van der Waals surface area contributed by atoms with Crippen molar-refractivity contribution in [2.75, 3.05) is 6.54 Å². The quantitative estimate of drug-likeness (QED) is 0.185. The highest BCUT2D eigenvalue weighted by Crippen LogP contribution is 2.30. The average molecular weight is 581 g/mol. The molecule has 0 heterocycles. The van der Waals surface area contributed by atoms with Gasteiger partial charge in [0, 0.05) is 13.0 Å². The topological polar surface area (TPSA) is 85.9 Å². The summed E-state index contributed by atoms with van der Waals surface area (Å²) in [7, 11) is 0. The number of ether oxygens (including phenoxy) is 3. The monoisotopic (exact) mass is 580 g/mol. The molecule has 224 valence electrons. The second kappa shape index (κ2) is 15.4. The molecule has 0 spiro atoms. The maximum atomic E-state index is 13.2. The molecule has 0 radical (unpaired) electrons. The smallest absolute Gasteiger partial charge is 0.408 e. The number of nitrogens with one attached hydrogen (secondary N) is 2. The Morgan fingerprint density at radius 2 is 1.21 bits per heavy atom. The Morgan fingerprint density at radius 3 is 1.77 bits per heavy atom. The molecule has 4 rings (SSSR count). The molecule has 7 nitrogen and oxygen atoms in total. The average Bonchev–Trinajstić information content (AvgIpc) is 3.00. The van der Waals surface area contributed by atoms with Gasteiger partial charge in [0.1, 0.15) is 24.9 Å². The van der Waals surface area contributed by atoms with Crippen LogP contribution in [-0.2, 0) is 35.6 Å². The summed E-state index contributed by atoms with van der Waals surface area (Å²) in [4.78, 5) is 25.7. The Balaban J connectivity index is 1.40. The summed E-state index contributed by atoms with van der Waals surface area (Å²) >= 11 is 0. The fourth-order valence-corrected chi connectivity index (χ4v) is 4.37. The molecular weight excluding hydrogens is 540 g/mol. The summed E-state index contributed by atoms with van der Waals surface area (Å²) in [5.74, 6) is 1.01. The molecule has 0 saturated heterocycles. The van der Waals surface area contributed by atoms with Crippen molar-refractivity contribution in [2.45, 2.75) is 58.5 Å². The third-order valence-corrected chi connectivity index (χ3v) is 6.49. The molecule has 4 aromatic carbocycles. The number of amides is 2. The summed E-state index contributed by atoms with van der Waals surface area (Å²) in [6, 6.07) is 34.6. The maximum Gasteiger partial charge on any atom is 0.408 e. The van der Waals surface area contributed by atoms with Crippen LogP contribution in [0.5, 0.6) is 11.5 Å². The molecule has 43 heavy (non-hydrogen) atoms. The van der Waals surface area contributed by atoms with Crippen LogP contribution in [-0.4, -0.2) is 30.2 Å². The normalized spacial score (nSPS) is 11.7. The summed E-state index contributed by atoms with van der Waals surface area (Å²) in [6.07, 6.45) is 0.281. The first kappa shape index (κ1) is 31.2. The molecule has 1 atom stereocenters. The first-order valence-electron chi connectivity index (χ1n) is 14.5. The predicted octanol–water partition coefficient (Wildman–Crippen LogP) is 6.64. The van der Waals surface area contributed by atoms with Crippen LogP contribution in [0, 0.1) is 0 Å². The van der Waals surface area contributed by atoms with E-state index in [-0.39, 0.29) is 5.91 Å². The van der Waals surface area contributed by atoms with Gasteiger partial charge < -0.3 is 24.8 Å². The van der Waals surface area contributed by atoms with Gasteiger partial charge in [-0.05, 0) is 61.6 Å². The standard InChI is InChI=1S/C36H40N2O5/c1-36(2,3)43-35(40)38-31(23-27-13-7-4-8-14-27)34(39)37-22-21-28-19-20-32(41-25-29-15-9-5-10-16-29)33(24-28)42-26-30-17-11-6-12-18-30/h4-20,24,31H,21-23,25-26H2,1-3H3,(H,37,39)(H,38,40). The van der Waals surface area contributed by atoms with E-state index in [0.29, 0.717) is 44.1 Å². The minimum atomic E-state index is -0.782. The molecule has 4 aromatic rings. The fraction of sp³-hybridized carbons (Fsp3) is 0.278. The van der Waals surface area contributed by atoms with E-state index in [9.17, 15) is 9.59 Å². The van der Waals surface area contributed by atoms with E-state index < -0.39 is 17.7 Å². The first-order chi connectivity index (χ1) is 20.7. The number of alkyl carbamates (subject to hydrolysis) is 1. The van der Waals surface area contributed by atoms with Crippen LogP contribution >= 0.6 is 0 Å².